The standard InChI is InChI=1S/C20H24FN5O2/c1-14(2)17(24-18(27)15-6-3-4-7-16(15)21)19(28)25-10-12-26(13-11-25)20-22-8-5-9-23-20/h3-9,14,17H,10-13H2,1-2H3,(H,24,27)/t17-/m1/s1. The number of halogens is 1. The number of carbonyl (C=O) groups excluding carboxylic acids is 2. The number of anilines is 1. The van der Waals surface area contributed by atoms with Gasteiger partial charge in [0, 0.05) is 38.6 Å². The van der Waals surface area contributed by atoms with Gasteiger partial charge in [0.2, 0.25) is 11.9 Å². The molecule has 2 aromatic rings. The van der Waals surface area contributed by atoms with Crippen LogP contribution in [0.4, 0.5) is 10.3 Å². The van der Waals surface area contributed by atoms with E-state index in [0.29, 0.717) is 32.1 Å². The lowest BCUT2D eigenvalue weighted by Gasteiger charge is -2.37. The van der Waals surface area contributed by atoms with Gasteiger partial charge in [-0.1, -0.05) is 26.0 Å². The predicted molar refractivity (Wildman–Crippen MR) is 103 cm³/mol. The molecule has 1 atom stereocenters. The van der Waals surface area contributed by atoms with Crippen LogP contribution in [0.3, 0.4) is 0 Å². The van der Waals surface area contributed by atoms with Gasteiger partial charge in [0.05, 0.1) is 5.56 Å². The Kier molecular flexibility index (Phi) is 6.18. The second-order valence-corrected chi connectivity index (χ2v) is 7.04. The van der Waals surface area contributed by atoms with Crippen LogP contribution in [0.2, 0.25) is 0 Å². The van der Waals surface area contributed by atoms with Crippen molar-refractivity contribution >= 4 is 17.8 Å². The number of aromatic nitrogens is 2. The first-order valence-electron chi connectivity index (χ1n) is 9.33. The summed E-state index contributed by atoms with van der Waals surface area (Å²) in [6, 6.07) is 6.79. The smallest absolute Gasteiger partial charge is 0.254 e. The summed E-state index contributed by atoms with van der Waals surface area (Å²) in [7, 11) is 0. The summed E-state index contributed by atoms with van der Waals surface area (Å²) in [5.41, 5.74) is -0.0630. The van der Waals surface area contributed by atoms with Crippen LogP contribution < -0.4 is 10.2 Å². The Morgan fingerprint density at radius 3 is 2.29 bits per heavy atom. The van der Waals surface area contributed by atoms with Gasteiger partial charge in [-0.3, -0.25) is 9.59 Å². The highest BCUT2D eigenvalue weighted by Crippen LogP contribution is 2.14. The molecule has 1 saturated heterocycles. The first kappa shape index (κ1) is 19.7. The maximum Gasteiger partial charge on any atom is 0.254 e. The molecule has 3 rings (SSSR count). The minimum Gasteiger partial charge on any atom is -0.340 e. The number of amides is 2. The molecule has 2 amide bonds. The molecule has 0 aliphatic carbocycles. The molecule has 0 spiro atoms. The van der Waals surface area contributed by atoms with Gasteiger partial charge in [-0.2, -0.15) is 0 Å². The summed E-state index contributed by atoms with van der Waals surface area (Å²) in [6.45, 7) is 5.96. The van der Waals surface area contributed by atoms with Crippen LogP contribution >= 0.6 is 0 Å². The molecule has 0 radical (unpaired) electrons. The summed E-state index contributed by atoms with van der Waals surface area (Å²) < 4.78 is 13.9. The summed E-state index contributed by atoms with van der Waals surface area (Å²) in [6.07, 6.45) is 3.37. The molecule has 0 bridgehead atoms. The van der Waals surface area contributed by atoms with Crippen molar-refractivity contribution in [2.75, 3.05) is 31.1 Å². The summed E-state index contributed by atoms with van der Waals surface area (Å²) in [5.74, 6) is -0.831. The Hall–Kier alpha value is -3.03. The second-order valence-electron chi connectivity index (χ2n) is 7.04. The number of nitrogens with zero attached hydrogens (tertiary/aromatic N) is 4. The molecule has 0 unspecified atom stereocenters. The Labute approximate surface area is 163 Å². The van der Waals surface area contributed by atoms with E-state index in [2.05, 4.69) is 15.3 Å². The fourth-order valence-electron chi connectivity index (χ4n) is 3.16. The average Bonchev–Trinajstić information content (AvgIpc) is 2.72. The van der Waals surface area contributed by atoms with Crippen LogP contribution in [-0.2, 0) is 4.79 Å². The molecule has 28 heavy (non-hydrogen) atoms. The minimum absolute atomic E-state index is 0.0630. The third-order valence-corrected chi connectivity index (χ3v) is 4.76. The average molecular weight is 385 g/mol. The third kappa shape index (κ3) is 4.44. The first-order valence-corrected chi connectivity index (χ1v) is 9.33. The molecule has 148 valence electrons. The van der Waals surface area contributed by atoms with Crippen LogP contribution in [0.15, 0.2) is 42.7 Å². The van der Waals surface area contributed by atoms with Crippen LogP contribution in [0.25, 0.3) is 0 Å². The first-order chi connectivity index (χ1) is 13.5. The van der Waals surface area contributed by atoms with E-state index in [-0.39, 0.29) is 17.4 Å². The van der Waals surface area contributed by atoms with E-state index in [9.17, 15) is 14.0 Å². The van der Waals surface area contributed by atoms with Crippen LogP contribution in [-0.4, -0.2) is 58.9 Å². The highest BCUT2D eigenvalue weighted by atomic mass is 19.1. The van der Waals surface area contributed by atoms with Gasteiger partial charge in [-0.15, -0.1) is 0 Å². The molecule has 8 heteroatoms. The fraction of sp³-hybridized carbons (Fsp3) is 0.400. The third-order valence-electron chi connectivity index (χ3n) is 4.76. The second kappa shape index (κ2) is 8.77. The van der Waals surface area contributed by atoms with Crippen molar-refractivity contribution in [3.8, 4) is 0 Å². The SMILES string of the molecule is CC(C)[C@@H](NC(=O)c1ccccc1F)C(=O)N1CCN(c2ncccn2)CC1. The van der Waals surface area contributed by atoms with Gasteiger partial charge in [-0.25, -0.2) is 14.4 Å². The zero-order valence-electron chi connectivity index (χ0n) is 16.0. The number of carbonyl (C=O) groups is 2. The van der Waals surface area contributed by atoms with E-state index < -0.39 is 17.8 Å². The van der Waals surface area contributed by atoms with E-state index in [1.807, 2.05) is 18.7 Å². The van der Waals surface area contributed by atoms with Gasteiger partial charge in [0.15, 0.2) is 0 Å². The Balaban J connectivity index is 1.64. The molecule has 1 aliphatic rings. The number of hydrogen-bond donors (Lipinski definition) is 1. The molecular formula is C20H24FN5O2. The molecule has 7 nitrogen and oxygen atoms in total. The maximum absolute atomic E-state index is 13.9. The molecule has 0 saturated carbocycles. The van der Waals surface area contributed by atoms with Crippen LogP contribution in [0.1, 0.15) is 24.2 Å². The lowest BCUT2D eigenvalue weighted by atomic mass is 10.0. The van der Waals surface area contributed by atoms with Crippen molar-refractivity contribution in [2.45, 2.75) is 19.9 Å². The topological polar surface area (TPSA) is 78.4 Å². The predicted octanol–water partition coefficient (Wildman–Crippen LogP) is 1.72. The number of piperazine rings is 1. The summed E-state index contributed by atoms with van der Waals surface area (Å²) in [4.78, 5) is 37.7. The van der Waals surface area contributed by atoms with Crippen molar-refractivity contribution < 1.29 is 14.0 Å². The Morgan fingerprint density at radius 1 is 1.04 bits per heavy atom. The van der Waals surface area contributed by atoms with Crippen molar-refractivity contribution in [1.82, 2.24) is 20.2 Å². The highest BCUT2D eigenvalue weighted by Gasteiger charge is 2.31. The van der Waals surface area contributed by atoms with E-state index >= 15 is 0 Å². The monoisotopic (exact) mass is 385 g/mol. The Morgan fingerprint density at radius 2 is 1.68 bits per heavy atom. The van der Waals surface area contributed by atoms with Gasteiger partial charge >= 0.3 is 0 Å². The van der Waals surface area contributed by atoms with Gasteiger partial charge in [0.25, 0.3) is 5.91 Å². The lowest BCUT2D eigenvalue weighted by molar-refractivity contribution is -0.134. The van der Waals surface area contributed by atoms with Crippen LogP contribution in [0, 0.1) is 11.7 Å². The van der Waals surface area contributed by atoms with Crippen LogP contribution in [0.5, 0.6) is 0 Å². The summed E-state index contributed by atoms with van der Waals surface area (Å²) in [5, 5.41) is 2.71. The lowest BCUT2D eigenvalue weighted by Crippen LogP contribution is -2.56. The van der Waals surface area contributed by atoms with E-state index in [1.54, 1.807) is 29.4 Å². The maximum atomic E-state index is 13.9. The molecule has 1 N–H and O–H groups in total. The van der Waals surface area contributed by atoms with Gasteiger partial charge < -0.3 is 15.1 Å². The molecular weight excluding hydrogens is 361 g/mol. The van der Waals surface area contributed by atoms with Crippen molar-refractivity contribution in [2.24, 2.45) is 5.92 Å². The zero-order valence-corrected chi connectivity index (χ0v) is 16.0. The van der Waals surface area contributed by atoms with E-state index in [0.717, 1.165) is 0 Å². The zero-order chi connectivity index (χ0) is 20.1. The minimum atomic E-state index is -0.716. The fourth-order valence-corrected chi connectivity index (χ4v) is 3.16. The summed E-state index contributed by atoms with van der Waals surface area (Å²) >= 11 is 0. The van der Waals surface area contributed by atoms with Gasteiger partial charge in [-0.05, 0) is 24.1 Å². The molecule has 1 fully saturated rings. The number of nitrogens with one attached hydrogen (secondary N) is 1. The Bertz CT molecular complexity index is 822. The van der Waals surface area contributed by atoms with Gasteiger partial charge in [0.1, 0.15) is 11.9 Å². The van der Waals surface area contributed by atoms with E-state index in [4.69, 9.17) is 0 Å². The largest absolute Gasteiger partial charge is 0.340 e. The molecule has 1 aliphatic heterocycles. The molecule has 2 heterocycles. The number of benzene rings is 1. The van der Waals surface area contributed by atoms with Crippen molar-refractivity contribution in [3.05, 3.63) is 54.1 Å². The molecule has 1 aromatic heterocycles. The number of rotatable bonds is 5. The number of hydrogen-bond acceptors (Lipinski definition) is 5. The van der Waals surface area contributed by atoms with E-state index in [1.165, 1.54) is 18.2 Å². The van der Waals surface area contributed by atoms with Crippen molar-refractivity contribution in [3.63, 3.8) is 0 Å². The molecule has 1 aromatic carbocycles. The normalized spacial score (nSPS) is 15.4. The quantitative estimate of drug-likeness (QED) is 0.848. The highest BCUT2D eigenvalue weighted by molar-refractivity contribution is 5.97. The van der Waals surface area contributed by atoms with Crippen molar-refractivity contribution in [1.29, 1.82) is 0 Å².